The van der Waals surface area contributed by atoms with Crippen molar-refractivity contribution in [2.45, 2.75) is 26.7 Å². The van der Waals surface area contributed by atoms with Crippen molar-refractivity contribution >= 4 is 11.6 Å². The largest absolute Gasteiger partial charge is 0.494 e. The van der Waals surface area contributed by atoms with Crippen LogP contribution in [0.25, 0.3) is 0 Å². The molecular weight excluding hydrogens is 228 g/mol. The Hall–Kier alpha value is -1.55. The topological polar surface area (TPSA) is 64.4 Å². The smallest absolute Gasteiger partial charge is 0.228 e. The summed E-state index contributed by atoms with van der Waals surface area (Å²) in [6.45, 7) is 5.01. The summed E-state index contributed by atoms with van der Waals surface area (Å²) in [5, 5.41) is 2.87. The Labute approximate surface area is 109 Å². The third-order valence-electron chi connectivity index (χ3n) is 2.73. The van der Waals surface area contributed by atoms with Gasteiger partial charge in [-0.1, -0.05) is 13.3 Å². The van der Waals surface area contributed by atoms with Crippen molar-refractivity contribution in [1.29, 1.82) is 0 Å². The number of hydrogen-bond acceptors (Lipinski definition) is 3. The second-order valence-electron chi connectivity index (χ2n) is 4.17. The number of benzene rings is 1. The molecule has 3 N–H and O–H groups in total. The molecule has 18 heavy (non-hydrogen) atoms. The molecule has 1 unspecified atom stereocenters. The third kappa shape index (κ3) is 4.37. The van der Waals surface area contributed by atoms with E-state index in [2.05, 4.69) is 5.32 Å². The molecule has 1 aromatic rings. The van der Waals surface area contributed by atoms with Gasteiger partial charge in [0.05, 0.1) is 12.5 Å². The fraction of sp³-hybridized carbons (Fsp3) is 0.500. The van der Waals surface area contributed by atoms with Gasteiger partial charge in [0.2, 0.25) is 5.91 Å². The summed E-state index contributed by atoms with van der Waals surface area (Å²) in [5.74, 6) is 0.685. The van der Waals surface area contributed by atoms with Gasteiger partial charge in [0, 0.05) is 12.2 Å². The van der Waals surface area contributed by atoms with Gasteiger partial charge >= 0.3 is 0 Å². The van der Waals surface area contributed by atoms with E-state index in [1.807, 2.05) is 38.1 Å². The minimum absolute atomic E-state index is 0.0106. The zero-order chi connectivity index (χ0) is 13.4. The van der Waals surface area contributed by atoms with Crippen LogP contribution < -0.4 is 15.8 Å². The van der Waals surface area contributed by atoms with Crippen LogP contribution in [0, 0.1) is 5.92 Å². The van der Waals surface area contributed by atoms with Crippen LogP contribution in [-0.2, 0) is 4.79 Å². The van der Waals surface area contributed by atoms with Crippen molar-refractivity contribution in [2.75, 3.05) is 18.5 Å². The number of rotatable bonds is 7. The van der Waals surface area contributed by atoms with Gasteiger partial charge in [0.15, 0.2) is 0 Å². The normalized spacial score (nSPS) is 11.9. The lowest BCUT2D eigenvalue weighted by atomic mass is 10.0. The molecule has 0 bridgehead atoms. The van der Waals surface area contributed by atoms with Crippen LogP contribution in [-0.4, -0.2) is 19.1 Å². The second-order valence-corrected chi connectivity index (χ2v) is 4.17. The average molecular weight is 250 g/mol. The van der Waals surface area contributed by atoms with E-state index in [9.17, 15) is 4.79 Å². The molecule has 0 aromatic heterocycles. The van der Waals surface area contributed by atoms with E-state index in [0.29, 0.717) is 13.2 Å². The molecule has 1 rings (SSSR count). The van der Waals surface area contributed by atoms with E-state index >= 15 is 0 Å². The fourth-order valence-electron chi connectivity index (χ4n) is 1.75. The number of ether oxygens (including phenoxy) is 1. The summed E-state index contributed by atoms with van der Waals surface area (Å²) in [6, 6.07) is 7.36. The molecule has 0 saturated heterocycles. The molecule has 1 aromatic carbocycles. The maximum Gasteiger partial charge on any atom is 0.228 e. The van der Waals surface area contributed by atoms with Crippen molar-refractivity contribution < 1.29 is 9.53 Å². The number of carbonyl (C=O) groups is 1. The highest BCUT2D eigenvalue weighted by Crippen LogP contribution is 2.17. The van der Waals surface area contributed by atoms with Crippen LogP contribution in [0.3, 0.4) is 0 Å². The molecule has 1 atom stereocenters. The molecule has 0 fully saturated rings. The molecular formula is C14H22N2O2. The van der Waals surface area contributed by atoms with Crippen LogP contribution in [0.2, 0.25) is 0 Å². The minimum atomic E-state index is -0.110. The number of amides is 1. The highest BCUT2D eigenvalue weighted by Gasteiger charge is 2.15. The van der Waals surface area contributed by atoms with E-state index in [-0.39, 0.29) is 11.8 Å². The van der Waals surface area contributed by atoms with Crippen LogP contribution in [0.1, 0.15) is 26.7 Å². The Bertz CT molecular complexity index is 363. The first-order chi connectivity index (χ1) is 8.71. The molecule has 0 heterocycles. The monoisotopic (exact) mass is 250 g/mol. The van der Waals surface area contributed by atoms with E-state index in [4.69, 9.17) is 10.5 Å². The number of nitrogens with one attached hydrogen (secondary N) is 1. The Morgan fingerprint density at radius 2 is 2.00 bits per heavy atom. The summed E-state index contributed by atoms with van der Waals surface area (Å²) in [6.07, 6.45) is 1.78. The summed E-state index contributed by atoms with van der Waals surface area (Å²) in [5.41, 5.74) is 6.37. The Morgan fingerprint density at radius 1 is 1.33 bits per heavy atom. The lowest BCUT2D eigenvalue weighted by Gasteiger charge is -2.14. The molecule has 0 aliphatic heterocycles. The molecule has 0 aliphatic carbocycles. The Kier molecular flexibility index (Phi) is 6.22. The van der Waals surface area contributed by atoms with Crippen molar-refractivity contribution in [3.05, 3.63) is 24.3 Å². The SMILES string of the molecule is CCCC(CN)C(=O)Nc1ccc(OCC)cc1. The number of anilines is 1. The molecule has 100 valence electrons. The van der Waals surface area contributed by atoms with Crippen molar-refractivity contribution in [3.63, 3.8) is 0 Å². The number of hydrogen-bond donors (Lipinski definition) is 2. The third-order valence-corrected chi connectivity index (χ3v) is 2.73. The van der Waals surface area contributed by atoms with Crippen molar-refractivity contribution in [1.82, 2.24) is 0 Å². The van der Waals surface area contributed by atoms with Gasteiger partial charge in [-0.3, -0.25) is 4.79 Å². The number of nitrogens with two attached hydrogens (primary N) is 1. The summed E-state index contributed by atoms with van der Waals surface area (Å²) in [7, 11) is 0. The zero-order valence-electron chi connectivity index (χ0n) is 11.1. The first-order valence-electron chi connectivity index (χ1n) is 6.45. The standard InChI is InChI=1S/C14H22N2O2/c1-3-5-11(10-15)14(17)16-12-6-8-13(9-7-12)18-4-2/h6-9,11H,3-5,10,15H2,1-2H3,(H,16,17). The summed E-state index contributed by atoms with van der Waals surface area (Å²) in [4.78, 5) is 11.9. The predicted molar refractivity (Wildman–Crippen MR) is 73.7 cm³/mol. The first kappa shape index (κ1) is 14.5. The van der Waals surface area contributed by atoms with E-state index < -0.39 is 0 Å². The first-order valence-corrected chi connectivity index (χ1v) is 6.45. The zero-order valence-corrected chi connectivity index (χ0v) is 11.1. The summed E-state index contributed by atoms with van der Waals surface area (Å²) < 4.78 is 5.34. The van der Waals surface area contributed by atoms with Gasteiger partial charge < -0.3 is 15.8 Å². The van der Waals surface area contributed by atoms with E-state index in [1.54, 1.807) is 0 Å². The van der Waals surface area contributed by atoms with Crippen LogP contribution >= 0.6 is 0 Å². The molecule has 0 radical (unpaired) electrons. The van der Waals surface area contributed by atoms with Gasteiger partial charge in [0.25, 0.3) is 0 Å². The molecule has 4 heteroatoms. The Balaban J connectivity index is 2.58. The van der Waals surface area contributed by atoms with E-state index in [1.165, 1.54) is 0 Å². The van der Waals surface area contributed by atoms with Crippen LogP contribution in [0.4, 0.5) is 5.69 Å². The predicted octanol–water partition coefficient (Wildman–Crippen LogP) is 2.40. The van der Waals surface area contributed by atoms with Gasteiger partial charge in [-0.15, -0.1) is 0 Å². The highest BCUT2D eigenvalue weighted by atomic mass is 16.5. The maximum absolute atomic E-state index is 11.9. The summed E-state index contributed by atoms with van der Waals surface area (Å²) >= 11 is 0. The van der Waals surface area contributed by atoms with Gasteiger partial charge in [-0.25, -0.2) is 0 Å². The van der Waals surface area contributed by atoms with Crippen molar-refractivity contribution in [2.24, 2.45) is 11.7 Å². The lowest BCUT2D eigenvalue weighted by molar-refractivity contribution is -0.119. The van der Waals surface area contributed by atoms with Crippen LogP contribution in [0.15, 0.2) is 24.3 Å². The highest BCUT2D eigenvalue weighted by molar-refractivity contribution is 5.92. The maximum atomic E-state index is 11.9. The van der Waals surface area contributed by atoms with Gasteiger partial charge in [-0.2, -0.15) is 0 Å². The van der Waals surface area contributed by atoms with Crippen LogP contribution in [0.5, 0.6) is 5.75 Å². The lowest BCUT2D eigenvalue weighted by Crippen LogP contribution is -2.29. The van der Waals surface area contributed by atoms with Crippen molar-refractivity contribution in [3.8, 4) is 5.75 Å². The number of carbonyl (C=O) groups excluding carboxylic acids is 1. The molecule has 1 amide bonds. The average Bonchev–Trinajstić information content (AvgIpc) is 2.38. The van der Waals surface area contributed by atoms with Gasteiger partial charge in [-0.05, 0) is 37.6 Å². The quantitative estimate of drug-likeness (QED) is 0.781. The molecule has 0 saturated carbocycles. The Morgan fingerprint density at radius 3 is 2.50 bits per heavy atom. The second kappa shape index (κ2) is 7.71. The van der Waals surface area contributed by atoms with Gasteiger partial charge in [0.1, 0.15) is 5.75 Å². The minimum Gasteiger partial charge on any atom is -0.494 e. The molecule has 4 nitrogen and oxygen atoms in total. The molecule has 0 spiro atoms. The fourth-order valence-corrected chi connectivity index (χ4v) is 1.75. The molecule has 0 aliphatic rings. The van der Waals surface area contributed by atoms with E-state index in [0.717, 1.165) is 24.3 Å².